The molecule has 5 rings (SSSR count). The Labute approximate surface area is 209 Å². The van der Waals surface area contributed by atoms with Crippen LogP contribution in [-0.4, -0.2) is 30.1 Å². The maximum atomic E-state index is 13.2. The molecule has 36 heavy (non-hydrogen) atoms. The van der Waals surface area contributed by atoms with E-state index in [-0.39, 0.29) is 17.5 Å². The summed E-state index contributed by atoms with van der Waals surface area (Å²) < 4.78 is 7.56. The minimum absolute atomic E-state index is 0.0902. The van der Waals surface area contributed by atoms with Crippen LogP contribution in [0.3, 0.4) is 0 Å². The fourth-order valence-corrected chi connectivity index (χ4v) is 4.80. The van der Waals surface area contributed by atoms with Gasteiger partial charge in [-0.05, 0) is 58.0 Å². The number of aromatic nitrogens is 5. The minimum Gasteiger partial charge on any atom is -0.468 e. The first-order valence-electron chi connectivity index (χ1n) is 12.2. The highest BCUT2D eigenvalue weighted by atomic mass is 16.3. The summed E-state index contributed by atoms with van der Waals surface area (Å²) in [4.78, 5) is 18.5. The highest BCUT2D eigenvalue weighted by Crippen LogP contribution is 2.30. The molecule has 3 aromatic heterocycles. The molecular formula is C28H30N6O2. The van der Waals surface area contributed by atoms with Crippen molar-refractivity contribution < 1.29 is 4.42 Å². The number of benzene rings is 2. The second-order valence-corrected chi connectivity index (χ2v) is 9.52. The average molecular weight is 483 g/mol. The van der Waals surface area contributed by atoms with Crippen LogP contribution >= 0.6 is 0 Å². The quantitative estimate of drug-likeness (QED) is 0.322. The maximum absolute atomic E-state index is 13.2. The number of hydrogen-bond donors (Lipinski definition) is 1. The van der Waals surface area contributed by atoms with Crippen molar-refractivity contribution in [3.05, 3.63) is 112 Å². The van der Waals surface area contributed by atoms with Gasteiger partial charge < -0.3 is 9.40 Å². The largest absolute Gasteiger partial charge is 0.468 e. The highest BCUT2D eigenvalue weighted by molar-refractivity contribution is 5.81. The van der Waals surface area contributed by atoms with Crippen LogP contribution < -0.4 is 5.56 Å². The molecule has 1 atom stereocenters. The molecule has 0 unspecified atom stereocenters. The summed E-state index contributed by atoms with van der Waals surface area (Å²) in [5, 5.41) is 13.8. The van der Waals surface area contributed by atoms with Crippen molar-refractivity contribution in [1.82, 2.24) is 30.1 Å². The Morgan fingerprint density at radius 2 is 1.86 bits per heavy atom. The van der Waals surface area contributed by atoms with E-state index in [2.05, 4.69) is 51.4 Å². The van der Waals surface area contributed by atoms with Gasteiger partial charge in [-0.15, -0.1) is 5.10 Å². The van der Waals surface area contributed by atoms with Crippen LogP contribution in [0.2, 0.25) is 0 Å². The van der Waals surface area contributed by atoms with Crippen molar-refractivity contribution >= 4 is 10.9 Å². The van der Waals surface area contributed by atoms with Crippen LogP contribution in [0.1, 0.15) is 48.2 Å². The smallest absolute Gasteiger partial charge is 0.252 e. The molecule has 0 fully saturated rings. The third-order valence-electron chi connectivity index (χ3n) is 6.50. The van der Waals surface area contributed by atoms with Gasteiger partial charge in [0.25, 0.3) is 5.56 Å². The van der Waals surface area contributed by atoms with Gasteiger partial charge in [0.15, 0.2) is 5.82 Å². The van der Waals surface area contributed by atoms with Gasteiger partial charge in [0.05, 0.1) is 30.9 Å². The Morgan fingerprint density at radius 3 is 2.61 bits per heavy atom. The molecule has 8 heteroatoms. The molecule has 184 valence electrons. The molecule has 0 saturated heterocycles. The zero-order chi connectivity index (χ0) is 25.1. The molecule has 0 saturated carbocycles. The van der Waals surface area contributed by atoms with Crippen molar-refractivity contribution in [2.75, 3.05) is 0 Å². The van der Waals surface area contributed by atoms with Gasteiger partial charge in [-0.3, -0.25) is 9.69 Å². The van der Waals surface area contributed by atoms with E-state index in [9.17, 15) is 4.79 Å². The normalized spacial score (nSPS) is 12.6. The van der Waals surface area contributed by atoms with Crippen molar-refractivity contribution in [2.45, 2.75) is 46.4 Å². The van der Waals surface area contributed by atoms with E-state index in [1.807, 2.05) is 66.2 Å². The molecule has 0 aliphatic carbocycles. The van der Waals surface area contributed by atoms with Crippen LogP contribution in [0.5, 0.6) is 0 Å². The number of para-hydroxylation sites is 1. The summed E-state index contributed by atoms with van der Waals surface area (Å²) in [5.41, 5.74) is 3.63. The number of pyridine rings is 1. The standard InChI is InChI=1S/C28H30N6O2/c1-19(2)26(27-30-31-32-34(27)16-21-10-5-4-6-11-21)33(18-24-13-8-14-36-24)17-23-15-22-12-7-9-20(3)25(22)29-28(23)35/h4-15,19,26H,16-18H2,1-3H3,(H,29,35)/t26-/m0/s1. The van der Waals surface area contributed by atoms with Gasteiger partial charge >= 0.3 is 0 Å². The molecule has 2 aromatic carbocycles. The average Bonchev–Trinajstić information content (AvgIpc) is 3.53. The summed E-state index contributed by atoms with van der Waals surface area (Å²) in [6.07, 6.45) is 1.67. The molecule has 0 amide bonds. The molecule has 3 heterocycles. The van der Waals surface area contributed by atoms with Gasteiger partial charge in [-0.2, -0.15) is 0 Å². The summed E-state index contributed by atoms with van der Waals surface area (Å²) in [6, 6.07) is 21.8. The lowest BCUT2D eigenvalue weighted by Gasteiger charge is -2.33. The molecule has 0 aliphatic rings. The molecule has 1 N–H and O–H groups in total. The number of fused-ring (bicyclic) bond motifs is 1. The van der Waals surface area contributed by atoms with Crippen LogP contribution in [0.15, 0.2) is 82.2 Å². The van der Waals surface area contributed by atoms with Crippen molar-refractivity contribution in [3.8, 4) is 0 Å². The fourth-order valence-electron chi connectivity index (χ4n) is 4.80. The second-order valence-electron chi connectivity index (χ2n) is 9.52. The van der Waals surface area contributed by atoms with E-state index in [0.29, 0.717) is 25.2 Å². The Balaban J connectivity index is 1.54. The van der Waals surface area contributed by atoms with E-state index < -0.39 is 0 Å². The lowest BCUT2D eigenvalue weighted by atomic mass is 10.00. The zero-order valence-corrected chi connectivity index (χ0v) is 20.8. The fraction of sp³-hybridized carbons (Fsp3) is 0.286. The molecule has 0 bridgehead atoms. The van der Waals surface area contributed by atoms with Gasteiger partial charge in [0, 0.05) is 12.1 Å². The minimum atomic E-state index is -0.151. The van der Waals surface area contributed by atoms with E-state index >= 15 is 0 Å². The number of tetrazole rings is 1. The molecular weight excluding hydrogens is 452 g/mol. The zero-order valence-electron chi connectivity index (χ0n) is 20.8. The van der Waals surface area contributed by atoms with Gasteiger partial charge in [-0.25, -0.2) is 4.68 Å². The summed E-state index contributed by atoms with van der Waals surface area (Å²) in [7, 11) is 0. The predicted molar refractivity (Wildman–Crippen MR) is 138 cm³/mol. The molecule has 8 nitrogen and oxygen atoms in total. The van der Waals surface area contributed by atoms with Crippen molar-refractivity contribution in [1.29, 1.82) is 0 Å². The van der Waals surface area contributed by atoms with E-state index in [0.717, 1.165) is 33.6 Å². The monoisotopic (exact) mass is 482 g/mol. The number of H-pyrrole nitrogens is 1. The van der Waals surface area contributed by atoms with Gasteiger partial charge in [0.2, 0.25) is 0 Å². The first kappa shape index (κ1) is 23.7. The lowest BCUT2D eigenvalue weighted by molar-refractivity contribution is 0.116. The van der Waals surface area contributed by atoms with Crippen molar-refractivity contribution in [2.24, 2.45) is 5.92 Å². The number of furan rings is 1. The van der Waals surface area contributed by atoms with Crippen LogP contribution in [0.25, 0.3) is 10.9 Å². The Kier molecular flexibility index (Phi) is 6.77. The third-order valence-corrected chi connectivity index (χ3v) is 6.50. The second kappa shape index (κ2) is 10.3. The molecule has 0 spiro atoms. The lowest BCUT2D eigenvalue weighted by Crippen LogP contribution is -2.35. The van der Waals surface area contributed by atoms with E-state index in [1.54, 1.807) is 6.26 Å². The number of aryl methyl sites for hydroxylation is 1. The first-order valence-corrected chi connectivity index (χ1v) is 12.2. The Bertz CT molecular complexity index is 1490. The Hall–Kier alpha value is -4.04. The number of hydrogen-bond acceptors (Lipinski definition) is 6. The number of aromatic amines is 1. The first-order chi connectivity index (χ1) is 17.5. The third kappa shape index (κ3) is 4.99. The highest BCUT2D eigenvalue weighted by Gasteiger charge is 2.30. The number of rotatable bonds is 9. The van der Waals surface area contributed by atoms with Crippen molar-refractivity contribution in [3.63, 3.8) is 0 Å². The van der Waals surface area contributed by atoms with Gasteiger partial charge in [-0.1, -0.05) is 62.4 Å². The van der Waals surface area contributed by atoms with Crippen LogP contribution in [-0.2, 0) is 19.6 Å². The van der Waals surface area contributed by atoms with E-state index in [4.69, 9.17) is 4.42 Å². The van der Waals surface area contributed by atoms with Gasteiger partial charge in [0.1, 0.15) is 5.76 Å². The SMILES string of the molecule is Cc1cccc2cc(CN(Cc3ccco3)[C@H](c3nnnn3Cc3ccccc3)C(C)C)c(=O)[nH]c12. The maximum Gasteiger partial charge on any atom is 0.252 e. The number of nitrogens with one attached hydrogen (secondary N) is 1. The summed E-state index contributed by atoms with van der Waals surface area (Å²) >= 11 is 0. The van der Waals surface area contributed by atoms with Crippen LogP contribution in [0.4, 0.5) is 0 Å². The van der Waals surface area contributed by atoms with Crippen LogP contribution in [0, 0.1) is 12.8 Å². The van der Waals surface area contributed by atoms with E-state index in [1.165, 1.54) is 0 Å². The molecule has 5 aromatic rings. The molecule has 0 aliphatic heterocycles. The summed E-state index contributed by atoms with van der Waals surface area (Å²) in [5.74, 6) is 1.74. The summed E-state index contributed by atoms with van der Waals surface area (Å²) in [6.45, 7) is 7.80. The predicted octanol–water partition coefficient (Wildman–Crippen LogP) is 4.86. The topological polar surface area (TPSA) is 92.8 Å². The molecule has 0 radical (unpaired) electrons. The Morgan fingerprint density at radius 1 is 1.03 bits per heavy atom. The number of nitrogens with zero attached hydrogens (tertiary/aromatic N) is 5.